The van der Waals surface area contributed by atoms with E-state index in [1.807, 2.05) is 66.9 Å². The summed E-state index contributed by atoms with van der Waals surface area (Å²) in [6.45, 7) is 0. The topological polar surface area (TPSA) is 67.2 Å². The molecule has 174 valence electrons. The van der Waals surface area contributed by atoms with Gasteiger partial charge in [-0.15, -0.1) is 11.8 Å². The summed E-state index contributed by atoms with van der Waals surface area (Å²) < 4.78 is 1.54. The largest absolute Gasteiger partial charge is 0.330 e. The van der Waals surface area contributed by atoms with Crippen molar-refractivity contribution in [3.05, 3.63) is 102 Å². The lowest BCUT2D eigenvalue weighted by Gasteiger charge is -2.12. The zero-order valence-electron chi connectivity index (χ0n) is 19.4. The minimum absolute atomic E-state index is 0.00858. The van der Waals surface area contributed by atoms with Gasteiger partial charge in [-0.1, -0.05) is 42.2 Å². The molecular formula is C28H24N4O2S. The molecule has 0 saturated carbocycles. The second-order valence-corrected chi connectivity index (χ2v) is 9.66. The number of pyridine rings is 1. The maximum atomic E-state index is 13.6. The Morgan fingerprint density at radius 1 is 1.06 bits per heavy atom. The van der Waals surface area contributed by atoms with Gasteiger partial charge in [0.2, 0.25) is 0 Å². The van der Waals surface area contributed by atoms with E-state index in [1.54, 1.807) is 38.3 Å². The number of carbonyl (C=O) groups excluding carboxylic acids is 2. The molecule has 1 N–H and O–H groups in total. The highest BCUT2D eigenvalue weighted by molar-refractivity contribution is 7.99. The van der Waals surface area contributed by atoms with Gasteiger partial charge in [-0.25, -0.2) is 4.79 Å². The van der Waals surface area contributed by atoms with Crippen molar-refractivity contribution < 1.29 is 9.59 Å². The van der Waals surface area contributed by atoms with Crippen molar-refractivity contribution >= 4 is 34.5 Å². The molecule has 0 aliphatic carbocycles. The summed E-state index contributed by atoms with van der Waals surface area (Å²) in [4.78, 5) is 32.2. The van der Waals surface area contributed by atoms with Crippen LogP contribution in [0.2, 0.25) is 0 Å². The van der Waals surface area contributed by atoms with Crippen LogP contribution in [-0.4, -0.2) is 52.2 Å². The van der Waals surface area contributed by atoms with Gasteiger partial charge in [-0.05, 0) is 35.9 Å². The van der Waals surface area contributed by atoms with Crippen molar-refractivity contribution in [3.63, 3.8) is 0 Å². The Balaban J connectivity index is 1.49. The van der Waals surface area contributed by atoms with Gasteiger partial charge in [0.25, 0.3) is 0 Å². The Morgan fingerprint density at radius 3 is 2.60 bits per heavy atom. The van der Waals surface area contributed by atoms with Gasteiger partial charge in [0, 0.05) is 60.5 Å². The number of Topliss-reactive ketones (excluding diaryl/α,β-unsaturated/α-hetero) is 1. The molecule has 1 amide bonds. The Labute approximate surface area is 208 Å². The number of hydrogen-bond donors (Lipinski definition) is 1. The number of hydrogen-bond acceptors (Lipinski definition) is 5. The number of nitrogens with zero attached hydrogens (tertiary/aromatic N) is 3. The van der Waals surface area contributed by atoms with Crippen LogP contribution >= 0.6 is 11.8 Å². The molecule has 7 heteroatoms. The van der Waals surface area contributed by atoms with Crippen LogP contribution in [0.25, 0.3) is 10.9 Å². The Morgan fingerprint density at radius 2 is 1.86 bits per heavy atom. The van der Waals surface area contributed by atoms with E-state index < -0.39 is 0 Å². The standard InChI is InChI=1S/C28H24N4O2S/c1-31(2)28(34)32-17-23(26(33)24-18-35-27(30-24)21-9-6-14-29-16-21)22-13-12-20(15-25(22)32)11-10-19-7-4-3-5-8-19/h3-9,12-17,24,27,30H,18H2,1-2H3/t24-,27?/m0/s1. The summed E-state index contributed by atoms with van der Waals surface area (Å²) in [5.41, 5.74) is 3.93. The van der Waals surface area contributed by atoms with E-state index in [0.29, 0.717) is 16.8 Å². The SMILES string of the molecule is CN(C)C(=O)n1cc(C(=O)[C@@H]2CSC(c3cccnc3)N2)c2ccc(C#Cc3ccccc3)cc21. The number of fused-ring (bicyclic) bond motifs is 1. The first-order chi connectivity index (χ1) is 17.0. The predicted octanol–water partition coefficient (Wildman–Crippen LogP) is 4.55. The van der Waals surface area contributed by atoms with E-state index in [2.05, 4.69) is 22.1 Å². The molecule has 0 bridgehead atoms. The van der Waals surface area contributed by atoms with Crippen molar-refractivity contribution in [3.8, 4) is 11.8 Å². The zero-order valence-corrected chi connectivity index (χ0v) is 20.3. The van der Waals surface area contributed by atoms with Crippen molar-refractivity contribution in [2.45, 2.75) is 11.4 Å². The Kier molecular flexibility index (Phi) is 6.41. The van der Waals surface area contributed by atoms with Crippen molar-refractivity contribution in [1.82, 2.24) is 19.8 Å². The summed E-state index contributed by atoms with van der Waals surface area (Å²) >= 11 is 1.68. The molecule has 1 fully saturated rings. The van der Waals surface area contributed by atoms with E-state index in [0.717, 1.165) is 22.1 Å². The molecule has 1 aliphatic heterocycles. The highest BCUT2D eigenvalue weighted by atomic mass is 32.2. The van der Waals surface area contributed by atoms with Crippen molar-refractivity contribution in [2.24, 2.45) is 0 Å². The fraction of sp³-hybridized carbons (Fsp3) is 0.179. The maximum absolute atomic E-state index is 13.6. The molecule has 3 heterocycles. The average molecular weight is 481 g/mol. The number of ketones is 1. The van der Waals surface area contributed by atoms with Crippen molar-refractivity contribution in [1.29, 1.82) is 0 Å². The molecule has 1 unspecified atom stereocenters. The number of amides is 1. The molecule has 2 aromatic carbocycles. The minimum Gasteiger partial charge on any atom is -0.330 e. The number of rotatable bonds is 3. The minimum atomic E-state index is -0.351. The van der Waals surface area contributed by atoms with Gasteiger partial charge in [0.05, 0.1) is 16.9 Å². The smallest absolute Gasteiger partial charge is 0.328 e. The summed E-state index contributed by atoms with van der Waals surface area (Å²) in [5, 5.41) is 4.18. The highest BCUT2D eigenvalue weighted by Gasteiger charge is 2.33. The molecule has 4 aromatic rings. The lowest BCUT2D eigenvalue weighted by atomic mass is 10.0. The van der Waals surface area contributed by atoms with E-state index >= 15 is 0 Å². The van der Waals surface area contributed by atoms with Gasteiger partial charge >= 0.3 is 6.03 Å². The summed E-state index contributed by atoms with van der Waals surface area (Å²) in [6.07, 6.45) is 5.21. The van der Waals surface area contributed by atoms with Crippen LogP contribution in [0, 0.1) is 11.8 Å². The number of thioether (sulfide) groups is 1. The van der Waals surface area contributed by atoms with Gasteiger partial charge in [-0.3, -0.25) is 19.7 Å². The monoisotopic (exact) mass is 480 g/mol. The van der Waals surface area contributed by atoms with Crippen LogP contribution in [0.4, 0.5) is 4.79 Å². The molecule has 2 aromatic heterocycles. The first kappa shape index (κ1) is 22.9. The molecule has 1 saturated heterocycles. The molecule has 6 nitrogen and oxygen atoms in total. The average Bonchev–Trinajstić information content (AvgIpc) is 3.53. The van der Waals surface area contributed by atoms with Crippen LogP contribution < -0.4 is 5.32 Å². The highest BCUT2D eigenvalue weighted by Crippen LogP contribution is 2.34. The van der Waals surface area contributed by atoms with E-state index in [9.17, 15) is 9.59 Å². The fourth-order valence-corrected chi connectivity index (χ4v) is 5.30. The lowest BCUT2D eigenvalue weighted by molar-refractivity contribution is 0.0957. The maximum Gasteiger partial charge on any atom is 0.328 e. The third kappa shape index (κ3) is 4.72. The summed E-state index contributed by atoms with van der Waals surface area (Å²) in [7, 11) is 3.39. The number of benzene rings is 2. The quantitative estimate of drug-likeness (QED) is 0.344. The van der Waals surface area contributed by atoms with Gasteiger partial charge < -0.3 is 4.90 Å². The second kappa shape index (κ2) is 9.79. The van der Waals surface area contributed by atoms with Gasteiger partial charge in [0.1, 0.15) is 0 Å². The van der Waals surface area contributed by atoms with Crippen LogP contribution in [-0.2, 0) is 0 Å². The van der Waals surface area contributed by atoms with E-state index in [4.69, 9.17) is 0 Å². The first-order valence-electron chi connectivity index (χ1n) is 11.3. The second-order valence-electron chi connectivity index (χ2n) is 8.52. The van der Waals surface area contributed by atoms with E-state index in [1.165, 1.54) is 9.47 Å². The molecular weight excluding hydrogens is 456 g/mol. The molecule has 2 atom stereocenters. The third-order valence-corrected chi connectivity index (χ3v) is 7.14. The molecule has 0 spiro atoms. The summed E-state index contributed by atoms with van der Waals surface area (Å²) in [6, 6.07) is 18.7. The van der Waals surface area contributed by atoms with Gasteiger partial charge in [0.15, 0.2) is 5.78 Å². The first-order valence-corrected chi connectivity index (χ1v) is 12.3. The Hall–Kier alpha value is -3.86. The van der Waals surface area contributed by atoms with Gasteiger partial charge in [-0.2, -0.15) is 0 Å². The predicted molar refractivity (Wildman–Crippen MR) is 140 cm³/mol. The number of aromatic nitrogens is 2. The van der Waals surface area contributed by atoms with Crippen LogP contribution in [0.5, 0.6) is 0 Å². The fourth-order valence-electron chi connectivity index (χ4n) is 4.07. The molecule has 0 radical (unpaired) electrons. The van der Waals surface area contributed by atoms with E-state index in [-0.39, 0.29) is 23.2 Å². The van der Waals surface area contributed by atoms with Crippen LogP contribution in [0.1, 0.15) is 32.4 Å². The molecule has 5 rings (SSSR count). The molecule has 35 heavy (non-hydrogen) atoms. The zero-order chi connectivity index (χ0) is 24.4. The Bertz CT molecular complexity index is 1450. The number of carbonyl (C=O) groups is 2. The summed E-state index contributed by atoms with van der Waals surface area (Å²) in [5.74, 6) is 6.94. The lowest BCUT2D eigenvalue weighted by Crippen LogP contribution is -2.34. The molecule has 1 aliphatic rings. The van der Waals surface area contributed by atoms with Crippen LogP contribution in [0.3, 0.4) is 0 Å². The van der Waals surface area contributed by atoms with Crippen molar-refractivity contribution in [2.75, 3.05) is 19.8 Å². The third-order valence-electron chi connectivity index (χ3n) is 5.87. The normalized spacial score (nSPS) is 17.1. The number of nitrogens with one attached hydrogen (secondary N) is 1. The van der Waals surface area contributed by atoms with Crippen LogP contribution in [0.15, 0.2) is 79.3 Å².